The van der Waals surface area contributed by atoms with Gasteiger partial charge in [0.2, 0.25) is 0 Å². The zero-order chi connectivity index (χ0) is 15.6. The molecule has 0 bridgehead atoms. The molecular weight excluding hydrogens is 294 g/mol. The summed E-state index contributed by atoms with van der Waals surface area (Å²) in [5, 5.41) is 12.9. The molecule has 0 aromatic carbocycles. The highest BCUT2D eigenvalue weighted by Gasteiger charge is 2.21. The molecule has 2 rings (SSSR count). The predicted molar refractivity (Wildman–Crippen MR) is 77.4 cm³/mol. The summed E-state index contributed by atoms with van der Waals surface area (Å²) in [5.41, 5.74) is 2.65. The van der Waals surface area contributed by atoms with Crippen LogP contribution in [-0.4, -0.2) is 37.9 Å². The van der Waals surface area contributed by atoms with Crippen molar-refractivity contribution in [3.05, 3.63) is 27.8 Å². The molecule has 0 aliphatic carbocycles. The van der Waals surface area contributed by atoms with Crippen molar-refractivity contribution in [3.8, 4) is 0 Å². The second kappa shape index (κ2) is 6.26. The molecule has 8 heteroatoms. The highest BCUT2D eigenvalue weighted by molar-refractivity contribution is 6.31. The Kier molecular flexibility index (Phi) is 4.62. The fourth-order valence-corrected chi connectivity index (χ4v) is 2.55. The minimum absolute atomic E-state index is 0.244. The molecule has 0 radical (unpaired) electrons. The van der Waals surface area contributed by atoms with Crippen LogP contribution in [0, 0.1) is 0 Å². The maximum Gasteiger partial charge on any atom is 0.360 e. The maximum atomic E-state index is 11.7. The van der Waals surface area contributed by atoms with Gasteiger partial charge in [-0.15, -0.1) is 5.10 Å². The Morgan fingerprint density at radius 3 is 2.52 bits per heavy atom. The number of ether oxygens (including phenoxy) is 1. The zero-order valence-corrected chi connectivity index (χ0v) is 13.3. The van der Waals surface area contributed by atoms with Gasteiger partial charge in [0.15, 0.2) is 5.69 Å². The van der Waals surface area contributed by atoms with Crippen molar-refractivity contribution in [2.45, 2.75) is 33.2 Å². The molecule has 0 unspecified atom stereocenters. The van der Waals surface area contributed by atoms with E-state index >= 15 is 0 Å². The third kappa shape index (κ3) is 2.78. The Bertz CT molecular complexity index is 662. The van der Waals surface area contributed by atoms with Crippen LogP contribution in [0.4, 0.5) is 0 Å². The third-order valence-corrected chi connectivity index (χ3v) is 3.79. The van der Waals surface area contributed by atoms with Crippen LogP contribution in [0.3, 0.4) is 0 Å². The smallest absolute Gasteiger partial charge is 0.360 e. The van der Waals surface area contributed by atoms with Gasteiger partial charge in [0, 0.05) is 7.05 Å². The lowest BCUT2D eigenvalue weighted by molar-refractivity contribution is 0.0592. The number of aryl methyl sites for hydroxylation is 2. The molecule has 0 N–H and O–H groups in total. The Morgan fingerprint density at radius 1 is 1.29 bits per heavy atom. The van der Waals surface area contributed by atoms with Crippen molar-refractivity contribution in [1.82, 2.24) is 24.8 Å². The number of nitrogens with zero attached hydrogens (tertiary/aromatic N) is 5. The first kappa shape index (κ1) is 15.5. The number of carbonyl (C=O) groups excluding carboxylic acids is 1. The SMILES string of the molecule is CCc1nn(C)c(Cn2nnc(C(=O)OC)c2CC)c1Cl. The summed E-state index contributed by atoms with van der Waals surface area (Å²) in [6.07, 6.45) is 1.38. The molecule has 0 aliphatic rings. The highest BCUT2D eigenvalue weighted by Crippen LogP contribution is 2.22. The molecule has 0 amide bonds. The first-order chi connectivity index (χ1) is 10.0. The monoisotopic (exact) mass is 311 g/mol. The lowest BCUT2D eigenvalue weighted by Gasteiger charge is -2.06. The van der Waals surface area contributed by atoms with Gasteiger partial charge in [-0.25, -0.2) is 9.48 Å². The van der Waals surface area contributed by atoms with E-state index in [1.807, 2.05) is 20.9 Å². The number of halogens is 1. The van der Waals surface area contributed by atoms with E-state index in [0.717, 1.165) is 23.5 Å². The molecule has 2 heterocycles. The highest BCUT2D eigenvalue weighted by atomic mass is 35.5. The minimum Gasteiger partial charge on any atom is -0.464 e. The summed E-state index contributed by atoms with van der Waals surface area (Å²) < 4.78 is 8.11. The maximum absolute atomic E-state index is 11.7. The van der Waals surface area contributed by atoms with E-state index in [9.17, 15) is 4.79 Å². The number of hydrogen-bond donors (Lipinski definition) is 0. The van der Waals surface area contributed by atoms with Crippen LogP contribution in [0.5, 0.6) is 0 Å². The number of esters is 1. The van der Waals surface area contributed by atoms with E-state index in [4.69, 9.17) is 16.3 Å². The van der Waals surface area contributed by atoms with E-state index < -0.39 is 5.97 Å². The van der Waals surface area contributed by atoms with Crippen LogP contribution < -0.4 is 0 Å². The second-order valence-electron chi connectivity index (χ2n) is 4.57. The molecule has 2 aromatic rings. The van der Waals surface area contributed by atoms with Gasteiger partial charge in [0.1, 0.15) is 0 Å². The second-order valence-corrected chi connectivity index (χ2v) is 4.95. The standard InChI is InChI=1S/C13H18ClN5O2/c1-5-8-11(14)10(18(3)16-8)7-19-9(6-2)12(15-17-19)13(20)21-4/h5-7H2,1-4H3. The molecule has 21 heavy (non-hydrogen) atoms. The van der Waals surface area contributed by atoms with Gasteiger partial charge >= 0.3 is 5.97 Å². The van der Waals surface area contributed by atoms with Gasteiger partial charge in [-0.3, -0.25) is 4.68 Å². The van der Waals surface area contributed by atoms with Crippen LogP contribution in [0.25, 0.3) is 0 Å². The zero-order valence-electron chi connectivity index (χ0n) is 12.6. The summed E-state index contributed by atoms with van der Waals surface area (Å²) in [5.74, 6) is -0.483. The Balaban J connectivity index is 2.39. The quantitative estimate of drug-likeness (QED) is 0.784. The lowest BCUT2D eigenvalue weighted by atomic mass is 10.2. The van der Waals surface area contributed by atoms with Crippen molar-refractivity contribution >= 4 is 17.6 Å². The topological polar surface area (TPSA) is 74.8 Å². The van der Waals surface area contributed by atoms with Gasteiger partial charge in [0.25, 0.3) is 0 Å². The Hall–Kier alpha value is -1.89. The largest absolute Gasteiger partial charge is 0.464 e. The number of methoxy groups -OCH3 is 1. The summed E-state index contributed by atoms with van der Waals surface area (Å²) in [6, 6.07) is 0. The number of rotatable bonds is 5. The van der Waals surface area contributed by atoms with Crippen LogP contribution in [-0.2, 0) is 31.2 Å². The number of carbonyl (C=O) groups is 1. The molecule has 0 aliphatic heterocycles. The molecular formula is C13H18ClN5O2. The van der Waals surface area contributed by atoms with Gasteiger partial charge in [0.05, 0.1) is 35.8 Å². The van der Waals surface area contributed by atoms with Crippen molar-refractivity contribution < 1.29 is 9.53 Å². The first-order valence-corrected chi connectivity index (χ1v) is 7.12. The van der Waals surface area contributed by atoms with E-state index in [2.05, 4.69) is 15.4 Å². The molecule has 114 valence electrons. The van der Waals surface area contributed by atoms with Gasteiger partial charge in [-0.2, -0.15) is 5.10 Å². The first-order valence-electron chi connectivity index (χ1n) is 6.74. The van der Waals surface area contributed by atoms with Crippen molar-refractivity contribution in [3.63, 3.8) is 0 Å². The summed E-state index contributed by atoms with van der Waals surface area (Å²) in [4.78, 5) is 11.7. The molecule has 0 spiro atoms. The summed E-state index contributed by atoms with van der Waals surface area (Å²) in [6.45, 7) is 4.35. The van der Waals surface area contributed by atoms with E-state index in [1.165, 1.54) is 7.11 Å². The van der Waals surface area contributed by atoms with Crippen LogP contribution >= 0.6 is 11.6 Å². The van der Waals surface area contributed by atoms with Crippen molar-refractivity contribution in [1.29, 1.82) is 0 Å². The van der Waals surface area contributed by atoms with Crippen molar-refractivity contribution in [2.75, 3.05) is 7.11 Å². The molecule has 0 saturated heterocycles. The van der Waals surface area contributed by atoms with Gasteiger partial charge in [-0.1, -0.05) is 30.7 Å². The van der Waals surface area contributed by atoms with Crippen LogP contribution in [0.15, 0.2) is 0 Å². The van der Waals surface area contributed by atoms with Gasteiger partial charge < -0.3 is 4.74 Å². The van der Waals surface area contributed by atoms with E-state index in [-0.39, 0.29) is 5.69 Å². The fourth-order valence-electron chi connectivity index (χ4n) is 2.20. The summed E-state index contributed by atoms with van der Waals surface area (Å²) >= 11 is 6.34. The molecule has 0 fully saturated rings. The summed E-state index contributed by atoms with van der Waals surface area (Å²) in [7, 11) is 3.16. The predicted octanol–water partition coefficient (Wildman–Crippen LogP) is 1.62. The molecule has 0 atom stereocenters. The van der Waals surface area contributed by atoms with E-state index in [1.54, 1.807) is 9.36 Å². The van der Waals surface area contributed by atoms with Crippen LogP contribution in [0.2, 0.25) is 5.02 Å². The Labute approximate surface area is 127 Å². The average molecular weight is 312 g/mol. The third-order valence-electron chi connectivity index (χ3n) is 3.35. The minimum atomic E-state index is -0.483. The van der Waals surface area contributed by atoms with Crippen molar-refractivity contribution in [2.24, 2.45) is 7.05 Å². The average Bonchev–Trinajstić information content (AvgIpc) is 3.01. The number of hydrogen-bond acceptors (Lipinski definition) is 5. The fraction of sp³-hybridized carbons (Fsp3) is 0.538. The Morgan fingerprint density at radius 2 is 2.00 bits per heavy atom. The van der Waals surface area contributed by atoms with E-state index in [0.29, 0.717) is 18.0 Å². The number of aromatic nitrogens is 5. The molecule has 2 aromatic heterocycles. The normalized spacial score (nSPS) is 10.9. The molecule has 0 saturated carbocycles. The molecule has 7 nitrogen and oxygen atoms in total. The van der Waals surface area contributed by atoms with Gasteiger partial charge in [-0.05, 0) is 12.8 Å². The van der Waals surface area contributed by atoms with Crippen LogP contribution in [0.1, 0.15) is 41.4 Å². The lowest BCUT2D eigenvalue weighted by Crippen LogP contribution is -2.12.